The summed E-state index contributed by atoms with van der Waals surface area (Å²) in [4.78, 5) is 0. The molecule has 1 unspecified atom stereocenters. The third-order valence-electron chi connectivity index (χ3n) is 2.76. The van der Waals surface area contributed by atoms with Crippen molar-refractivity contribution < 1.29 is 0 Å². The van der Waals surface area contributed by atoms with Crippen molar-refractivity contribution in [3.05, 3.63) is 0 Å². The van der Waals surface area contributed by atoms with Crippen LogP contribution in [0.3, 0.4) is 0 Å². The Hall–Kier alpha value is -0.480. The van der Waals surface area contributed by atoms with Gasteiger partial charge in [-0.25, -0.2) is 0 Å². The van der Waals surface area contributed by atoms with Gasteiger partial charge in [0.25, 0.3) is 0 Å². The molecule has 2 N–H and O–H groups in total. The van der Waals surface area contributed by atoms with Gasteiger partial charge in [-0.05, 0) is 24.7 Å². The lowest BCUT2D eigenvalue weighted by Crippen LogP contribution is -2.31. The third-order valence-corrected chi connectivity index (χ3v) is 2.76. The van der Waals surface area contributed by atoms with Crippen molar-refractivity contribution in [1.29, 1.82) is 0 Å². The van der Waals surface area contributed by atoms with Crippen LogP contribution in [0.1, 0.15) is 32.6 Å². The van der Waals surface area contributed by atoms with Crippen LogP contribution in [0.15, 0.2) is 0 Å². The minimum atomic E-state index is 0.00231. The van der Waals surface area contributed by atoms with Crippen LogP contribution in [0.25, 0.3) is 0 Å². The van der Waals surface area contributed by atoms with Crippen LogP contribution in [0, 0.1) is 24.2 Å². The van der Waals surface area contributed by atoms with E-state index in [1.807, 2.05) is 0 Å². The number of hydrogen-bond donors (Lipinski definition) is 1. The summed E-state index contributed by atoms with van der Waals surface area (Å²) in [7, 11) is 0. The highest BCUT2D eigenvalue weighted by molar-refractivity contribution is 5.00. The molecule has 1 nitrogen and oxygen atoms in total. The predicted molar refractivity (Wildman–Crippen MR) is 47.9 cm³/mol. The van der Waals surface area contributed by atoms with Gasteiger partial charge in [-0.1, -0.05) is 25.7 Å². The molecule has 0 amide bonds. The molecule has 0 aliphatic heterocycles. The summed E-state index contributed by atoms with van der Waals surface area (Å²) in [6.07, 6.45) is 10.3. The Morgan fingerprint density at radius 2 is 1.91 bits per heavy atom. The van der Waals surface area contributed by atoms with Gasteiger partial charge in [0, 0.05) is 0 Å². The van der Waals surface area contributed by atoms with Crippen molar-refractivity contribution in [2.45, 2.75) is 38.6 Å². The van der Waals surface area contributed by atoms with Gasteiger partial charge in [0.2, 0.25) is 0 Å². The highest BCUT2D eigenvalue weighted by Gasteiger charge is 2.21. The van der Waals surface area contributed by atoms with E-state index >= 15 is 0 Å². The minimum Gasteiger partial charge on any atom is -0.317 e. The highest BCUT2D eigenvalue weighted by Crippen LogP contribution is 2.29. The summed E-state index contributed by atoms with van der Waals surface area (Å²) < 4.78 is 0. The lowest BCUT2D eigenvalue weighted by atomic mass is 9.80. The molecule has 0 aromatic heterocycles. The van der Waals surface area contributed by atoms with Gasteiger partial charge in [0.15, 0.2) is 0 Å². The first-order valence-electron chi connectivity index (χ1n) is 4.45. The van der Waals surface area contributed by atoms with Crippen molar-refractivity contribution in [3.63, 3.8) is 0 Å². The van der Waals surface area contributed by atoms with Gasteiger partial charge in [0.05, 0.1) is 6.04 Å². The van der Waals surface area contributed by atoms with E-state index in [9.17, 15) is 0 Å². The quantitative estimate of drug-likeness (QED) is 0.568. The van der Waals surface area contributed by atoms with Crippen LogP contribution in [0.5, 0.6) is 0 Å². The molecule has 1 saturated carbocycles. The third kappa shape index (κ3) is 2.24. The zero-order chi connectivity index (χ0) is 8.27. The molecule has 62 valence electrons. The molecule has 0 radical (unpaired) electrons. The van der Waals surface area contributed by atoms with Gasteiger partial charge in [-0.3, -0.25) is 0 Å². The van der Waals surface area contributed by atoms with Crippen molar-refractivity contribution in [1.82, 2.24) is 0 Å². The van der Waals surface area contributed by atoms with Crippen LogP contribution < -0.4 is 5.73 Å². The fourth-order valence-corrected chi connectivity index (χ4v) is 1.78. The smallest absolute Gasteiger partial charge is 0.0690 e. The molecule has 0 spiro atoms. The summed E-state index contributed by atoms with van der Waals surface area (Å²) in [6, 6.07) is 0.00231. The molecule has 1 aliphatic rings. The van der Waals surface area contributed by atoms with Gasteiger partial charge in [0.1, 0.15) is 0 Å². The normalized spacial score (nSPS) is 34.3. The largest absolute Gasteiger partial charge is 0.317 e. The Bertz CT molecular complexity index is 149. The molecule has 0 bridgehead atoms. The predicted octanol–water partition coefficient (Wildman–Crippen LogP) is 1.77. The topological polar surface area (TPSA) is 26.0 Å². The molecule has 11 heavy (non-hydrogen) atoms. The Labute approximate surface area is 69.4 Å². The first kappa shape index (κ1) is 8.62. The number of terminal acetylenes is 1. The van der Waals surface area contributed by atoms with E-state index in [1.165, 1.54) is 25.7 Å². The lowest BCUT2D eigenvalue weighted by molar-refractivity contribution is 0.276. The fraction of sp³-hybridized carbons (Fsp3) is 0.800. The van der Waals surface area contributed by atoms with E-state index in [4.69, 9.17) is 12.2 Å². The molecule has 1 aliphatic carbocycles. The molecule has 0 saturated heterocycles. The van der Waals surface area contributed by atoms with E-state index in [2.05, 4.69) is 12.8 Å². The van der Waals surface area contributed by atoms with Crippen LogP contribution in [0.4, 0.5) is 0 Å². The number of hydrogen-bond acceptors (Lipinski definition) is 1. The van der Waals surface area contributed by atoms with Crippen LogP contribution in [-0.4, -0.2) is 6.04 Å². The average molecular weight is 151 g/mol. The van der Waals surface area contributed by atoms with E-state index in [1.54, 1.807) is 0 Å². The highest BCUT2D eigenvalue weighted by atomic mass is 14.6. The van der Waals surface area contributed by atoms with E-state index in [-0.39, 0.29) is 6.04 Å². The summed E-state index contributed by atoms with van der Waals surface area (Å²) in [5.74, 6) is 4.11. The molecular formula is C10H17N. The van der Waals surface area contributed by atoms with Gasteiger partial charge < -0.3 is 5.73 Å². The Kier molecular flexibility index (Phi) is 2.96. The van der Waals surface area contributed by atoms with Crippen molar-refractivity contribution in [2.24, 2.45) is 17.6 Å². The van der Waals surface area contributed by atoms with Crippen molar-refractivity contribution in [2.75, 3.05) is 0 Å². The van der Waals surface area contributed by atoms with Gasteiger partial charge in [-0.15, -0.1) is 6.42 Å². The van der Waals surface area contributed by atoms with Gasteiger partial charge in [-0.2, -0.15) is 0 Å². The second-order valence-electron chi connectivity index (χ2n) is 3.71. The van der Waals surface area contributed by atoms with E-state index in [0.29, 0.717) is 5.92 Å². The average Bonchev–Trinajstić information content (AvgIpc) is 2.05. The molecule has 1 atom stereocenters. The second-order valence-corrected chi connectivity index (χ2v) is 3.71. The SMILES string of the molecule is C#CC(N)C1CCC(C)CC1. The number of rotatable bonds is 1. The lowest BCUT2D eigenvalue weighted by Gasteiger charge is -2.27. The zero-order valence-electron chi connectivity index (χ0n) is 7.22. The van der Waals surface area contributed by atoms with Crippen molar-refractivity contribution in [3.8, 4) is 12.3 Å². The minimum absolute atomic E-state index is 0.00231. The van der Waals surface area contributed by atoms with Crippen LogP contribution in [0.2, 0.25) is 0 Å². The Morgan fingerprint density at radius 1 is 1.36 bits per heavy atom. The molecule has 0 heterocycles. The first-order chi connectivity index (χ1) is 5.24. The molecule has 0 aromatic carbocycles. The maximum absolute atomic E-state index is 5.76. The maximum Gasteiger partial charge on any atom is 0.0690 e. The molecule has 0 aromatic rings. The summed E-state index contributed by atoms with van der Waals surface area (Å²) >= 11 is 0. The van der Waals surface area contributed by atoms with Crippen LogP contribution >= 0.6 is 0 Å². The van der Waals surface area contributed by atoms with Crippen LogP contribution in [-0.2, 0) is 0 Å². The standard InChI is InChI=1S/C10H17N/c1-3-10(11)9-6-4-8(2)5-7-9/h1,8-10H,4-7,11H2,2H3. The molecule has 1 rings (SSSR count). The molecular weight excluding hydrogens is 134 g/mol. The number of nitrogens with two attached hydrogens (primary N) is 1. The van der Waals surface area contributed by atoms with E-state index in [0.717, 1.165) is 5.92 Å². The van der Waals surface area contributed by atoms with Crippen molar-refractivity contribution >= 4 is 0 Å². The summed E-state index contributed by atoms with van der Waals surface area (Å²) in [6.45, 7) is 2.30. The first-order valence-corrected chi connectivity index (χ1v) is 4.45. The molecule has 1 fully saturated rings. The Morgan fingerprint density at radius 3 is 2.36 bits per heavy atom. The van der Waals surface area contributed by atoms with Gasteiger partial charge >= 0.3 is 0 Å². The summed E-state index contributed by atoms with van der Waals surface area (Å²) in [5.41, 5.74) is 5.76. The summed E-state index contributed by atoms with van der Waals surface area (Å²) in [5, 5.41) is 0. The zero-order valence-corrected chi connectivity index (χ0v) is 7.22. The molecule has 1 heteroatoms. The second kappa shape index (κ2) is 3.78. The van der Waals surface area contributed by atoms with E-state index < -0.39 is 0 Å². The Balaban J connectivity index is 2.34. The fourth-order valence-electron chi connectivity index (χ4n) is 1.78. The monoisotopic (exact) mass is 151 g/mol. The maximum atomic E-state index is 5.76.